The predicted molar refractivity (Wildman–Crippen MR) is 111 cm³/mol. The van der Waals surface area contributed by atoms with E-state index < -0.39 is 0 Å². The van der Waals surface area contributed by atoms with Gasteiger partial charge in [0.2, 0.25) is 0 Å². The van der Waals surface area contributed by atoms with E-state index in [0.717, 1.165) is 28.6 Å². The fourth-order valence-corrected chi connectivity index (χ4v) is 3.24. The van der Waals surface area contributed by atoms with Crippen LogP contribution in [0.25, 0.3) is 6.08 Å². The van der Waals surface area contributed by atoms with Crippen LogP contribution in [0, 0.1) is 12.3 Å². The van der Waals surface area contributed by atoms with Gasteiger partial charge in [-0.25, -0.2) is 0 Å². The summed E-state index contributed by atoms with van der Waals surface area (Å²) in [7, 11) is 0. The monoisotopic (exact) mass is 398 g/mol. The summed E-state index contributed by atoms with van der Waals surface area (Å²) in [5.74, 6) is 1.24. The van der Waals surface area contributed by atoms with Crippen molar-refractivity contribution in [3.8, 4) is 11.5 Å². The number of amidine groups is 1. The normalized spacial score (nSPS) is 15.0. The minimum atomic E-state index is -0.262. The highest BCUT2D eigenvalue weighted by molar-refractivity contribution is 8.18. The number of aryl methyl sites for hydroxylation is 1. The third-order valence-electron chi connectivity index (χ3n) is 3.84. The Kier molecular flexibility index (Phi) is 7.11. The molecule has 28 heavy (non-hydrogen) atoms. The fourth-order valence-electron chi connectivity index (χ4n) is 2.55. The van der Waals surface area contributed by atoms with E-state index in [2.05, 4.69) is 5.32 Å². The zero-order valence-electron chi connectivity index (χ0n) is 15.6. The molecule has 0 unspecified atom stereocenters. The van der Waals surface area contributed by atoms with Gasteiger partial charge in [0.15, 0.2) is 5.17 Å². The smallest absolute Gasteiger partial charge is 0.264 e. The molecule has 3 rings (SSSR count). The van der Waals surface area contributed by atoms with Crippen molar-refractivity contribution in [1.29, 1.82) is 5.41 Å². The quantitative estimate of drug-likeness (QED) is 0.498. The summed E-state index contributed by atoms with van der Waals surface area (Å²) in [6, 6.07) is 15.4. The second-order valence-electron chi connectivity index (χ2n) is 6.06. The number of para-hydroxylation sites is 1. The van der Waals surface area contributed by atoms with Crippen molar-refractivity contribution in [2.45, 2.75) is 6.92 Å². The summed E-state index contributed by atoms with van der Waals surface area (Å²) in [6.07, 6.45) is 1.73. The second-order valence-corrected chi connectivity index (χ2v) is 7.11. The highest BCUT2D eigenvalue weighted by atomic mass is 32.2. The van der Waals surface area contributed by atoms with E-state index in [1.807, 2.05) is 55.5 Å². The van der Waals surface area contributed by atoms with Gasteiger partial charge in [0.1, 0.15) is 24.7 Å². The number of carbonyl (C=O) groups excluding carboxylic acids is 1. The molecule has 0 aromatic heterocycles. The van der Waals surface area contributed by atoms with Crippen LogP contribution in [0.3, 0.4) is 0 Å². The van der Waals surface area contributed by atoms with Crippen LogP contribution in [-0.2, 0) is 9.53 Å². The van der Waals surface area contributed by atoms with Crippen molar-refractivity contribution in [2.24, 2.45) is 0 Å². The summed E-state index contributed by atoms with van der Waals surface area (Å²) in [5.41, 5.74) is 1.95. The van der Waals surface area contributed by atoms with E-state index in [-0.39, 0.29) is 11.1 Å². The molecule has 0 aliphatic carbocycles. The molecule has 0 saturated carbocycles. The minimum absolute atomic E-state index is 0.135. The molecule has 1 aliphatic heterocycles. The molecule has 7 heteroatoms. The predicted octanol–water partition coefficient (Wildman–Crippen LogP) is 3.61. The standard InChI is InChI=1S/C21H22N2O4S/c1-15-5-4-7-17(13-15)26-11-9-25-10-12-27-18-8-3-2-6-16(18)14-19-20(24)23-21(22)28-19/h2-8,13-14H,9-12H2,1H3,(H2,22,23,24)/b19-14-. The molecule has 1 amide bonds. The zero-order valence-corrected chi connectivity index (χ0v) is 16.4. The maximum Gasteiger partial charge on any atom is 0.264 e. The van der Waals surface area contributed by atoms with Gasteiger partial charge in [-0.3, -0.25) is 10.2 Å². The Balaban J connectivity index is 1.41. The zero-order chi connectivity index (χ0) is 19.8. The first-order valence-electron chi connectivity index (χ1n) is 8.90. The fraction of sp³-hybridized carbons (Fsp3) is 0.238. The maximum absolute atomic E-state index is 11.8. The molecule has 1 heterocycles. The third-order valence-corrected chi connectivity index (χ3v) is 4.67. The summed E-state index contributed by atoms with van der Waals surface area (Å²) in [6.45, 7) is 3.80. The topological polar surface area (TPSA) is 80.6 Å². The number of benzene rings is 2. The van der Waals surface area contributed by atoms with E-state index in [1.54, 1.807) is 6.08 Å². The van der Waals surface area contributed by atoms with E-state index in [0.29, 0.717) is 37.1 Å². The summed E-state index contributed by atoms with van der Waals surface area (Å²) in [4.78, 5) is 12.2. The lowest BCUT2D eigenvalue weighted by Crippen LogP contribution is -2.18. The molecule has 1 aliphatic rings. The summed E-state index contributed by atoms with van der Waals surface area (Å²) < 4.78 is 17.0. The number of hydrogen-bond donors (Lipinski definition) is 2. The van der Waals surface area contributed by atoms with Gasteiger partial charge >= 0.3 is 0 Å². The molecule has 0 bridgehead atoms. The average Bonchev–Trinajstić information content (AvgIpc) is 2.99. The van der Waals surface area contributed by atoms with Crippen LogP contribution in [-0.4, -0.2) is 37.5 Å². The Morgan fingerprint density at radius 2 is 1.82 bits per heavy atom. The molecule has 1 fully saturated rings. The van der Waals surface area contributed by atoms with Gasteiger partial charge in [0.05, 0.1) is 18.1 Å². The molecular formula is C21H22N2O4S. The van der Waals surface area contributed by atoms with Gasteiger partial charge in [-0.1, -0.05) is 30.3 Å². The first-order valence-corrected chi connectivity index (χ1v) is 9.72. The Labute approximate surface area is 168 Å². The molecule has 2 aromatic carbocycles. The Bertz CT molecular complexity index is 882. The van der Waals surface area contributed by atoms with Crippen molar-refractivity contribution in [3.63, 3.8) is 0 Å². The van der Waals surface area contributed by atoms with Crippen LogP contribution < -0.4 is 14.8 Å². The van der Waals surface area contributed by atoms with Crippen LogP contribution in [0.15, 0.2) is 53.4 Å². The Hall–Kier alpha value is -2.77. The van der Waals surface area contributed by atoms with E-state index in [1.165, 1.54) is 0 Å². The Morgan fingerprint density at radius 3 is 2.57 bits per heavy atom. The van der Waals surface area contributed by atoms with Crippen molar-refractivity contribution >= 4 is 28.9 Å². The number of rotatable bonds is 9. The first kappa shape index (κ1) is 20.0. The third kappa shape index (κ3) is 5.87. The molecule has 1 saturated heterocycles. The van der Waals surface area contributed by atoms with Crippen LogP contribution >= 0.6 is 11.8 Å². The van der Waals surface area contributed by atoms with E-state index in [9.17, 15) is 4.79 Å². The molecule has 0 radical (unpaired) electrons. The van der Waals surface area contributed by atoms with Crippen LogP contribution in [0.2, 0.25) is 0 Å². The average molecular weight is 398 g/mol. The lowest BCUT2D eigenvalue weighted by molar-refractivity contribution is -0.115. The molecular weight excluding hydrogens is 376 g/mol. The maximum atomic E-state index is 11.8. The van der Waals surface area contributed by atoms with Crippen LogP contribution in [0.1, 0.15) is 11.1 Å². The van der Waals surface area contributed by atoms with E-state index >= 15 is 0 Å². The Morgan fingerprint density at radius 1 is 1.04 bits per heavy atom. The first-order chi connectivity index (χ1) is 13.6. The number of amides is 1. The molecule has 2 N–H and O–H groups in total. The van der Waals surface area contributed by atoms with Gasteiger partial charge in [-0.2, -0.15) is 0 Å². The highest BCUT2D eigenvalue weighted by Crippen LogP contribution is 2.28. The van der Waals surface area contributed by atoms with Crippen LogP contribution in [0.4, 0.5) is 0 Å². The summed E-state index contributed by atoms with van der Waals surface area (Å²) in [5, 5.41) is 10.1. The van der Waals surface area contributed by atoms with Gasteiger partial charge in [-0.15, -0.1) is 0 Å². The highest BCUT2D eigenvalue weighted by Gasteiger charge is 2.22. The molecule has 2 aromatic rings. The number of thioether (sulfide) groups is 1. The largest absolute Gasteiger partial charge is 0.491 e. The molecule has 146 valence electrons. The second kappa shape index (κ2) is 9.96. The van der Waals surface area contributed by atoms with Gasteiger partial charge in [-0.05, 0) is 48.5 Å². The van der Waals surface area contributed by atoms with Gasteiger partial charge < -0.3 is 19.5 Å². The number of ether oxygens (including phenoxy) is 3. The number of carbonyl (C=O) groups is 1. The number of hydrogen-bond acceptors (Lipinski definition) is 6. The lowest BCUT2D eigenvalue weighted by atomic mass is 10.2. The number of nitrogens with one attached hydrogen (secondary N) is 2. The SMILES string of the molecule is Cc1cccc(OCCOCCOc2ccccc2/C=C2\SC(=N)NC2=O)c1. The van der Waals surface area contributed by atoms with E-state index in [4.69, 9.17) is 19.6 Å². The van der Waals surface area contributed by atoms with Crippen molar-refractivity contribution in [2.75, 3.05) is 26.4 Å². The van der Waals surface area contributed by atoms with Crippen molar-refractivity contribution < 1.29 is 19.0 Å². The summed E-state index contributed by atoms with van der Waals surface area (Å²) >= 11 is 1.10. The van der Waals surface area contributed by atoms with Gasteiger partial charge in [0, 0.05) is 5.56 Å². The van der Waals surface area contributed by atoms with Crippen molar-refractivity contribution in [1.82, 2.24) is 5.32 Å². The molecule has 6 nitrogen and oxygen atoms in total. The van der Waals surface area contributed by atoms with Gasteiger partial charge in [0.25, 0.3) is 5.91 Å². The molecule has 0 spiro atoms. The molecule has 0 atom stereocenters. The van der Waals surface area contributed by atoms with Crippen LogP contribution in [0.5, 0.6) is 11.5 Å². The van der Waals surface area contributed by atoms with Crippen molar-refractivity contribution in [3.05, 3.63) is 64.6 Å². The lowest BCUT2D eigenvalue weighted by Gasteiger charge is -2.10. The minimum Gasteiger partial charge on any atom is -0.491 e.